The Bertz CT molecular complexity index is 1150. The fourth-order valence-corrected chi connectivity index (χ4v) is 6.28. The van der Waals surface area contributed by atoms with Gasteiger partial charge in [-0.3, -0.25) is 14.2 Å². The van der Waals surface area contributed by atoms with E-state index in [0.717, 1.165) is 35.0 Å². The van der Waals surface area contributed by atoms with Gasteiger partial charge in [0.2, 0.25) is 5.91 Å². The van der Waals surface area contributed by atoms with E-state index in [0.29, 0.717) is 18.2 Å². The second-order valence-corrected chi connectivity index (χ2v) is 9.83. The van der Waals surface area contributed by atoms with E-state index >= 15 is 0 Å². The van der Waals surface area contributed by atoms with Gasteiger partial charge < -0.3 is 4.90 Å². The second-order valence-electron chi connectivity index (χ2n) is 7.80. The molecule has 1 amide bonds. The second kappa shape index (κ2) is 8.94. The molecule has 0 radical (unpaired) electrons. The number of carbonyl (C=O) groups excluding carboxylic acids is 1. The van der Waals surface area contributed by atoms with Gasteiger partial charge in [0.1, 0.15) is 4.83 Å². The molecule has 1 aromatic carbocycles. The Morgan fingerprint density at radius 3 is 2.80 bits per heavy atom. The summed E-state index contributed by atoms with van der Waals surface area (Å²) in [7, 11) is 1.83. The minimum absolute atomic E-state index is 0.0331. The highest BCUT2D eigenvalue weighted by Gasteiger charge is 2.22. The number of fused-ring (bicyclic) bond motifs is 3. The smallest absolute Gasteiger partial charge is 0.263 e. The maximum absolute atomic E-state index is 13.2. The Balaban J connectivity index is 1.54. The van der Waals surface area contributed by atoms with Crippen molar-refractivity contribution in [2.45, 2.75) is 57.8 Å². The number of thioether (sulfide) groups is 1. The number of rotatable bonds is 6. The summed E-state index contributed by atoms with van der Waals surface area (Å²) in [4.78, 5) is 34.6. The summed E-state index contributed by atoms with van der Waals surface area (Å²) >= 11 is 3.02. The van der Waals surface area contributed by atoms with E-state index in [1.165, 1.54) is 34.2 Å². The number of thiophene rings is 1. The van der Waals surface area contributed by atoms with Gasteiger partial charge in [-0.25, -0.2) is 4.98 Å². The van der Waals surface area contributed by atoms with Gasteiger partial charge in [-0.2, -0.15) is 0 Å². The van der Waals surface area contributed by atoms with Crippen molar-refractivity contribution in [3.05, 3.63) is 56.2 Å². The third-order valence-corrected chi connectivity index (χ3v) is 7.92. The first-order chi connectivity index (χ1) is 14.5. The van der Waals surface area contributed by atoms with E-state index in [-0.39, 0.29) is 17.2 Å². The van der Waals surface area contributed by atoms with E-state index in [4.69, 9.17) is 4.98 Å². The average molecular weight is 442 g/mol. The van der Waals surface area contributed by atoms with Crippen molar-refractivity contribution in [1.29, 1.82) is 0 Å². The molecule has 0 bridgehead atoms. The van der Waals surface area contributed by atoms with Gasteiger partial charge >= 0.3 is 0 Å². The SMILES string of the molecule is CCn1c(SCC(=O)N(C)Cc2ccccc2C)nc2sc3c(c2c1=O)CCCC3. The lowest BCUT2D eigenvalue weighted by molar-refractivity contribution is -0.127. The van der Waals surface area contributed by atoms with E-state index < -0.39 is 0 Å². The summed E-state index contributed by atoms with van der Waals surface area (Å²) < 4.78 is 1.73. The molecule has 5 nitrogen and oxygen atoms in total. The Hall–Kier alpha value is -2.12. The molecule has 1 aliphatic carbocycles. The van der Waals surface area contributed by atoms with Crippen molar-refractivity contribution in [2.75, 3.05) is 12.8 Å². The standard InChI is InChI=1S/C23H27N3O2S2/c1-4-26-22(28)20-17-11-7-8-12-18(17)30-21(20)24-23(26)29-14-19(27)25(3)13-16-10-6-5-9-15(16)2/h5-6,9-10H,4,7-8,11-14H2,1-3H3. The van der Waals surface area contributed by atoms with Crippen LogP contribution in [0.15, 0.2) is 34.2 Å². The molecule has 0 fully saturated rings. The monoisotopic (exact) mass is 441 g/mol. The summed E-state index contributed by atoms with van der Waals surface area (Å²) in [5.74, 6) is 0.302. The third kappa shape index (κ3) is 4.05. The Labute approximate surface area is 185 Å². The number of hydrogen-bond acceptors (Lipinski definition) is 5. The lowest BCUT2D eigenvalue weighted by atomic mass is 9.97. The van der Waals surface area contributed by atoms with Crippen molar-refractivity contribution >= 4 is 39.2 Å². The molecule has 3 aromatic rings. The van der Waals surface area contributed by atoms with Crippen LogP contribution in [0.2, 0.25) is 0 Å². The highest BCUT2D eigenvalue weighted by Crippen LogP contribution is 2.34. The van der Waals surface area contributed by atoms with Crippen LogP contribution >= 0.6 is 23.1 Å². The molecule has 0 atom stereocenters. The Morgan fingerprint density at radius 1 is 1.27 bits per heavy atom. The topological polar surface area (TPSA) is 55.2 Å². The van der Waals surface area contributed by atoms with E-state index in [9.17, 15) is 9.59 Å². The predicted molar refractivity (Wildman–Crippen MR) is 125 cm³/mol. The average Bonchev–Trinajstić information content (AvgIpc) is 3.12. The minimum atomic E-state index is 0.0331. The van der Waals surface area contributed by atoms with Crippen LogP contribution in [0.4, 0.5) is 0 Å². The number of carbonyl (C=O) groups is 1. The molecule has 2 aromatic heterocycles. The molecule has 7 heteroatoms. The zero-order valence-electron chi connectivity index (χ0n) is 17.7. The van der Waals surface area contributed by atoms with Crippen molar-refractivity contribution in [3.63, 3.8) is 0 Å². The number of amides is 1. The van der Waals surface area contributed by atoms with E-state index in [2.05, 4.69) is 19.1 Å². The summed E-state index contributed by atoms with van der Waals surface area (Å²) in [5.41, 5.74) is 3.59. The van der Waals surface area contributed by atoms with Gasteiger partial charge in [0.25, 0.3) is 5.56 Å². The number of nitrogens with zero attached hydrogens (tertiary/aromatic N) is 3. The fourth-order valence-electron chi connectivity index (χ4n) is 3.98. The van der Waals surface area contributed by atoms with Gasteiger partial charge in [-0.05, 0) is 56.2 Å². The van der Waals surface area contributed by atoms with Gasteiger partial charge in [0.05, 0.1) is 11.1 Å². The van der Waals surface area contributed by atoms with Crippen LogP contribution in [-0.4, -0.2) is 33.2 Å². The quantitative estimate of drug-likeness (QED) is 0.420. The number of aromatic nitrogens is 2. The van der Waals surface area contributed by atoms with E-state index in [1.54, 1.807) is 20.8 Å². The molecule has 4 rings (SSSR count). The van der Waals surface area contributed by atoms with Crippen LogP contribution in [0, 0.1) is 6.92 Å². The van der Waals surface area contributed by atoms with Crippen LogP contribution in [-0.2, 0) is 30.7 Å². The van der Waals surface area contributed by atoms with Gasteiger partial charge in [-0.1, -0.05) is 36.0 Å². The van der Waals surface area contributed by atoms with Gasteiger partial charge in [0, 0.05) is 25.0 Å². The molecule has 0 spiro atoms. The highest BCUT2D eigenvalue weighted by molar-refractivity contribution is 7.99. The van der Waals surface area contributed by atoms with Crippen LogP contribution < -0.4 is 5.56 Å². The summed E-state index contributed by atoms with van der Waals surface area (Å²) in [6.07, 6.45) is 4.35. The van der Waals surface area contributed by atoms with Gasteiger partial charge in [0.15, 0.2) is 5.16 Å². The zero-order valence-corrected chi connectivity index (χ0v) is 19.4. The molecule has 2 heterocycles. The van der Waals surface area contributed by atoms with E-state index in [1.807, 2.05) is 26.1 Å². The molecule has 0 aliphatic heterocycles. The molecule has 0 unspecified atom stereocenters. The molecule has 0 saturated heterocycles. The number of hydrogen-bond donors (Lipinski definition) is 0. The highest BCUT2D eigenvalue weighted by atomic mass is 32.2. The molecule has 0 saturated carbocycles. The first-order valence-corrected chi connectivity index (χ1v) is 12.3. The molecule has 1 aliphatic rings. The Kier molecular flexibility index (Phi) is 6.29. The first-order valence-electron chi connectivity index (χ1n) is 10.5. The summed E-state index contributed by atoms with van der Waals surface area (Å²) in [6.45, 7) is 5.16. The van der Waals surface area contributed by atoms with Crippen molar-refractivity contribution in [3.8, 4) is 0 Å². The van der Waals surface area contributed by atoms with Crippen molar-refractivity contribution < 1.29 is 4.79 Å². The molecule has 30 heavy (non-hydrogen) atoms. The lowest BCUT2D eigenvalue weighted by Crippen LogP contribution is -2.29. The molecular weight excluding hydrogens is 414 g/mol. The van der Waals surface area contributed by atoms with Crippen molar-refractivity contribution in [1.82, 2.24) is 14.5 Å². The predicted octanol–water partition coefficient (Wildman–Crippen LogP) is 4.42. The number of benzene rings is 1. The lowest BCUT2D eigenvalue weighted by Gasteiger charge is -2.18. The molecule has 0 N–H and O–H groups in total. The molecular formula is C23H27N3O2S2. The zero-order chi connectivity index (χ0) is 21.3. The largest absolute Gasteiger partial charge is 0.341 e. The maximum Gasteiger partial charge on any atom is 0.263 e. The van der Waals surface area contributed by atoms with Crippen LogP contribution in [0.1, 0.15) is 41.3 Å². The fraction of sp³-hybridized carbons (Fsp3) is 0.435. The molecule has 158 valence electrons. The summed E-state index contributed by atoms with van der Waals surface area (Å²) in [6, 6.07) is 8.11. The Morgan fingerprint density at radius 2 is 2.03 bits per heavy atom. The van der Waals surface area contributed by atoms with Crippen LogP contribution in [0.25, 0.3) is 10.2 Å². The maximum atomic E-state index is 13.2. The summed E-state index contributed by atoms with van der Waals surface area (Å²) in [5, 5.41) is 1.45. The van der Waals surface area contributed by atoms with Crippen molar-refractivity contribution in [2.24, 2.45) is 0 Å². The van der Waals surface area contributed by atoms with Gasteiger partial charge in [-0.15, -0.1) is 11.3 Å². The first kappa shape index (κ1) is 21.1. The number of aryl methyl sites for hydroxylation is 3. The normalized spacial score (nSPS) is 13.4. The third-order valence-electron chi connectivity index (χ3n) is 5.78. The minimum Gasteiger partial charge on any atom is -0.341 e. The van der Waals surface area contributed by atoms with Crippen LogP contribution in [0.5, 0.6) is 0 Å². The van der Waals surface area contributed by atoms with Crippen LogP contribution in [0.3, 0.4) is 0 Å².